The second-order valence-corrected chi connectivity index (χ2v) is 5.70. The van der Waals surface area contributed by atoms with Crippen LogP contribution in [0.3, 0.4) is 0 Å². The van der Waals surface area contributed by atoms with Gasteiger partial charge in [0.05, 0.1) is 0 Å². The highest BCUT2D eigenvalue weighted by atomic mass is 16.5. The number of carbonyl (C=O) groups excluding carboxylic acids is 1. The van der Waals surface area contributed by atoms with Gasteiger partial charge in [-0.15, -0.1) is 0 Å². The van der Waals surface area contributed by atoms with Crippen molar-refractivity contribution in [1.29, 1.82) is 0 Å². The maximum Gasteiger partial charge on any atom is 0.319 e. The third-order valence-corrected chi connectivity index (χ3v) is 3.87. The summed E-state index contributed by atoms with van der Waals surface area (Å²) in [6, 6.07) is 12.9. The second-order valence-electron chi connectivity index (χ2n) is 5.70. The lowest BCUT2D eigenvalue weighted by Crippen LogP contribution is -2.28. The van der Waals surface area contributed by atoms with Gasteiger partial charge in [0.2, 0.25) is 5.88 Å². The van der Waals surface area contributed by atoms with Gasteiger partial charge < -0.3 is 15.4 Å². The van der Waals surface area contributed by atoms with E-state index in [1.807, 2.05) is 42.5 Å². The summed E-state index contributed by atoms with van der Waals surface area (Å²) in [5.74, 6) is 0.661. The molecule has 0 saturated heterocycles. The Morgan fingerprint density at radius 3 is 2.61 bits per heavy atom. The molecular formula is C18H21N3O2. The summed E-state index contributed by atoms with van der Waals surface area (Å²) >= 11 is 0. The molecule has 120 valence electrons. The molecule has 1 aliphatic rings. The molecule has 23 heavy (non-hydrogen) atoms. The van der Waals surface area contributed by atoms with Crippen molar-refractivity contribution in [1.82, 2.24) is 10.3 Å². The van der Waals surface area contributed by atoms with Crippen LogP contribution >= 0.6 is 0 Å². The van der Waals surface area contributed by atoms with Crippen LogP contribution in [-0.2, 0) is 6.54 Å². The number of benzene rings is 1. The minimum atomic E-state index is -0.234. The van der Waals surface area contributed by atoms with Gasteiger partial charge in [-0.05, 0) is 43.4 Å². The summed E-state index contributed by atoms with van der Waals surface area (Å²) in [7, 11) is 0. The molecule has 3 rings (SSSR count). The summed E-state index contributed by atoms with van der Waals surface area (Å²) in [6.07, 6.45) is 6.76. The predicted molar refractivity (Wildman–Crippen MR) is 89.4 cm³/mol. The number of ether oxygens (including phenoxy) is 1. The number of rotatable bonds is 5. The summed E-state index contributed by atoms with van der Waals surface area (Å²) in [4.78, 5) is 16.1. The van der Waals surface area contributed by atoms with Crippen molar-refractivity contribution in [2.24, 2.45) is 0 Å². The highest BCUT2D eigenvalue weighted by Gasteiger charge is 2.16. The average Bonchev–Trinajstić information content (AvgIpc) is 3.08. The minimum Gasteiger partial charge on any atom is -0.474 e. The number of urea groups is 1. The zero-order chi connectivity index (χ0) is 15.9. The molecule has 2 N–H and O–H groups in total. The number of hydrogen-bond acceptors (Lipinski definition) is 3. The monoisotopic (exact) mass is 311 g/mol. The number of carbonyl (C=O) groups is 1. The van der Waals surface area contributed by atoms with Gasteiger partial charge in [0.15, 0.2) is 0 Å². The Balaban J connectivity index is 1.45. The summed E-state index contributed by atoms with van der Waals surface area (Å²) in [5, 5.41) is 5.59. The molecular weight excluding hydrogens is 290 g/mol. The molecule has 1 heterocycles. The van der Waals surface area contributed by atoms with Gasteiger partial charge in [0.1, 0.15) is 6.10 Å². The van der Waals surface area contributed by atoms with Crippen LogP contribution in [0.15, 0.2) is 48.7 Å². The van der Waals surface area contributed by atoms with Gasteiger partial charge in [-0.1, -0.05) is 24.3 Å². The van der Waals surface area contributed by atoms with Crippen molar-refractivity contribution in [2.75, 3.05) is 5.32 Å². The highest BCUT2D eigenvalue weighted by molar-refractivity contribution is 5.89. The molecule has 1 fully saturated rings. The van der Waals surface area contributed by atoms with E-state index in [-0.39, 0.29) is 6.03 Å². The average molecular weight is 311 g/mol. The minimum absolute atomic E-state index is 0.234. The molecule has 0 atom stereocenters. The van der Waals surface area contributed by atoms with E-state index in [4.69, 9.17) is 4.74 Å². The van der Waals surface area contributed by atoms with Gasteiger partial charge in [-0.2, -0.15) is 0 Å². The van der Waals surface area contributed by atoms with E-state index in [0.717, 1.165) is 24.1 Å². The molecule has 5 heteroatoms. The van der Waals surface area contributed by atoms with Crippen molar-refractivity contribution in [3.05, 3.63) is 54.2 Å². The standard InChI is InChI=1S/C18H21N3O2/c22-18(21-15-6-2-1-3-7-15)20-13-14-10-11-17(19-12-14)23-16-8-4-5-9-16/h1-3,6-7,10-12,16H,4-5,8-9,13H2,(H2,20,21,22). The van der Waals surface area contributed by atoms with Crippen LogP contribution in [0.4, 0.5) is 10.5 Å². The molecule has 0 aliphatic heterocycles. The first-order valence-electron chi connectivity index (χ1n) is 8.01. The number of hydrogen-bond donors (Lipinski definition) is 2. The normalized spacial score (nSPS) is 14.4. The predicted octanol–water partition coefficient (Wildman–Crippen LogP) is 3.72. The van der Waals surface area contributed by atoms with Crippen LogP contribution in [0.25, 0.3) is 0 Å². The number of pyridine rings is 1. The fourth-order valence-corrected chi connectivity index (χ4v) is 2.64. The first kappa shape index (κ1) is 15.3. The van der Waals surface area contributed by atoms with Gasteiger partial charge in [-0.3, -0.25) is 0 Å². The molecule has 2 amide bonds. The smallest absolute Gasteiger partial charge is 0.319 e. The first-order valence-corrected chi connectivity index (χ1v) is 8.01. The Kier molecular flexibility index (Phi) is 5.09. The van der Waals surface area contributed by atoms with Crippen LogP contribution in [0, 0.1) is 0 Å². The maximum absolute atomic E-state index is 11.8. The van der Waals surface area contributed by atoms with Crippen LogP contribution < -0.4 is 15.4 Å². The van der Waals surface area contributed by atoms with Gasteiger partial charge in [0, 0.05) is 24.5 Å². The fraction of sp³-hybridized carbons (Fsp3) is 0.333. The van der Waals surface area contributed by atoms with Crippen molar-refractivity contribution in [3.8, 4) is 5.88 Å². The largest absolute Gasteiger partial charge is 0.474 e. The Morgan fingerprint density at radius 1 is 1.13 bits per heavy atom. The Morgan fingerprint density at radius 2 is 1.91 bits per heavy atom. The Hall–Kier alpha value is -2.56. The van der Waals surface area contributed by atoms with E-state index in [1.54, 1.807) is 6.20 Å². The zero-order valence-electron chi connectivity index (χ0n) is 13.0. The van der Waals surface area contributed by atoms with Crippen molar-refractivity contribution < 1.29 is 9.53 Å². The molecule has 0 bridgehead atoms. The lowest BCUT2D eigenvalue weighted by molar-refractivity contribution is 0.201. The SMILES string of the molecule is O=C(NCc1ccc(OC2CCCC2)nc1)Nc1ccccc1. The molecule has 1 aliphatic carbocycles. The number of amides is 2. The molecule has 0 spiro atoms. The molecule has 1 aromatic heterocycles. The third kappa shape index (κ3) is 4.71. The molecule has 0 radical (unpaired) electrons. The second kappa shape index (κ2) is 7.63. The zero-order valence-corrected chi connectivity index (χ0v) is 13.0. The van der Waals surface area contributed by atoms with E-state index in [1.165, 1.54) is 12.8 Å². The van der Waals surface area contributed by atoms with Crippen molar-refractivity contribution in [3.63, 3.8) is 0 Å². The number of aromatic nitrogens is 1. The number of para-hydroxylation sites is 1. The number of nitrogens with zero attached hydrogens (tertiary/aromatic N) is 1. The van der Waals surface area contributed by atoms with E-state index >= 15 is 0 Å². The third-order valence-electron chi connectivity index (χ3n) is 3.87. The Bertz CT molecular complexity index is 622. The van der Waals surface area contributed by atoms with Crippen molar-refractivity contribution in [2.45, 2.75) is 38.3 Å². The van der Waals surface area contributed by atoms with E-state index in [9.17, 15) is 4.79 Å². The van der Waals surface area contributed by atoms with E-state index in [2.05, 4.69) is 15.6 Å². The maximum atomic E-state index is 11.8. The molecule has 5 nitrogen and oxygen atoms in total. The van der Waals surface area contributed by atoms with Crippen LogP contribution in [0.5, 0.6) is 5.88 Å². The number of anilines is 1. The summed E-state index contributed by atoms with van der Waals surface area (Å²) in [5.41, 5.74) is 1.70. The van der Waals surface area contributed by atoms with Crippen molar-refractivity contribution >= 4 is 11.7 Å². The molecule has 1 saturated carbocycles. The first-order chi connectivity index (χ1) is 11.3. The van der Waals surface area contributed by atoms with E-state index in [0.29, 0.717) is 18.5 Å². The lowest BCUT2D eigenvalue weighted by atomic mass is 10.3. The van der Waals surface area contributed by atoms with Gasteiger partial charge in [0.25, 0.3) is 0 Å². The van der Waals surface area contributed by atoms with Crippen LogP contribution in [0.2, 0.25) is 0 Å². The number of nitrogens with one attached hydrogen (secondary N) is 2. The highest BCUT2D eigenvalue weighted by Crippen LogP contribution is 2.22. The van der Waals surface area contributed by atoms with Crippen LogP contribution in [-0.4, -0.2) is 17.1 Å². The Labute approximate surface area is 136 Å². The van der Waals surface area contributed by atoms with E-state index < -0.39 is 0 Å². The molecule has 1 aromatic carbocycles. The summed E-state index contributed by atoms with van der Waals surface area (Å²) in [6.45, 7) is 0.426. The fourth-order valence-electron chi connectivity index (χ4n) is 2.64. The van der Waals surface area contributed by atoms with Gasteiger partial charge in [-0.25, -0.2) is 9.78 Å². The van der Waals surface area contributed by atoms with Gasteiger partial charge >= 0.3 is 6.03 Å². The molecule has 0 unspecified atom stereocenters. The lowest BCUT2D eigenvalue weighted by Gasteiger charge is -2.12. The van der Waals surface area contributed by atoms with Crippen LogP contribution in [0.1, 0.15) is 31.2 Å². The topological polar surface area (TPSA) is 63.2 Å². The molecule has 2 aromatic rings. The summed E-state index contributed by atoms with van der Waals surface area (Å²) < 4.78 is 5.82. The quantitative estimate of drug-likeness (QED) is 0.884.